The number of anilines is 3. The van der Waals surface area contributed by atoms with Gasteiger partial charge in [0, 0.05) is 17.1 Å². The summed E-state index contributed by atoms with van der Waals surface area (Å²) in [7, 11) is 0. The van der Waals surface area contributed by atoms with E-state index in [2.05, 4.69) is 65.6 Å². The second kappa shape index (κ2) is 12.8. The predicted molar refractivity (Wildman–Crippen MR) is 157 cm³/mol. The third kappa shape index (κ3) is 6.47. The molecule has 0 radical (unpaired) electrons. The summed E-state index contributed by atoms with van der Waals surface area (Å²) in [5.74, 6) is 1.45. The van der Waals surface area contributed by atoms with E-state index in [4.69, 9.17) is 19.7 Å². The van der Waals surface area contributed by atoms with Crippen molar-refractivity contribution in [2.24, 2.45) is 0 Å². The quantitative estimate of drug-likeness (QED) is 0.193. The molecule has 0 aromatic heterocycles. The van der Waals surface area contributed by atoms with E-state index in [1.807, 2.05) is 66.7 Å². The Morgan fingerprint density at radius 1 is 0.410 bits per heavy atom. The van der Waals surface area contributed by atoms with E-state index in [-0.39, 0.29) is 26.4 Å². The zero-order valence-corrected chi connectivity index (χ0v) is 21.6. The normalized spacial score (nSPS) is 10.7. The maximum absolute atomic E-state index is 9.08. The SMILES string of the molecule is OCCOc1ccc(-c2ccc(N(c3ccc(OCCO)cc3)c3ccc(-c4ccccc4)cc3)cc2)cc1. The van der Waals surface area contributed by atoms with Crippen LogP contribution in [-0.4, -0.2) is 36.6 Å². The summed E-state index contributed by atoms with van der Waals surface area (Å²) >= 11 is 0. The lowest BCUT2D eigenvalue weighted by molar-refractivity contribution is 0.201. The van der Waals surface area contributed by atoms with Crippen molar-refractivity contribution >= 4 is 17.1 Å². The second-order valence-electron chi connectivity index (χ2n) is 8.96. The van der Waals surface area contributed by atoms with Gasteiger partial charge in [-0.25, -0.2) is 0 Å². The van der Waals surface area contributed by atoms with Crippen LogP contribution in [0.25, 0.3) is 22.3 Å². The minimum absolute atomic E-state index is 0.00684. The molecule has 0 aliphatic carbocycles. The first-order valence-corrected chi connectivity index (χ1v) is 13.0. The van der Waals surface area contributed by atoms with Gasteiger partial charge in [-0.1, -0.05) is 66.7 Å². The largest absolute Gasteiger partial charge is 0.491 e. The third-order valence-electron chi connectivity index (χ3n) is 6.36. The van der Waals surface area contributed by atoms with Gasteiger partial charge in [-0.15, -0.1) is 0 Å². The topological polar surface area (TPSA) is 62.2 Å². The molecular weight excluding hydrogens is 486 g/mol. The van der Waals surface area contributed by atoms with Crippen LogP contribution in [0.1, 0.15) is 0 Å². The third-order valence-corrected chi connectivity index (χ3v) is 6.36. The molecule has 0 saturated carbocycles. The minimum atomic E-state index is -0.0214. The molecule has 39 heavy (non-hydrogen) atoms. The fourth-order valence-corrected chi connectivity index (χ4v) is 4.45. The molecule has 0 heterocycles. The van der Waals surface area contributed by atoms with Crippen molar-refractivity contribution in [1.82, 2.24) is 0 Å². The first-order valence-electron chi connectivity index (χ1n) is 13.0. The average molecular weight is 518 g/mol. The fourth-order valence-electron chi connectivity index (χ4n) is 4.45. The maximum atomic E-state index is 9.08. The molecule has 0 bridgehead atoms. The van der Waals surface area contributed by atoms with Crippen LogP contribution in [0.15, 0.2) is 127 Å². The molecule has 5 rings (SSSR count). The monoisotopic (exact) mass is 517 g/mol. The van der Waals surface area contributed by atoms with Crippen molar-refractivity contribution in [3.8, 4) is 33.8 Å². The van der Waals surface area contributed by atoms with Crippen LogP contribution in [-0.2, 0) is 0 Å². The number of nitrogens with zero attached hydrogens (tertiary/aromatic N) is 1. The Morgan fingerprint density at radius 3 is 1.15 bits per heavy atom. The summed E-state index contributed by atoms with van der Waals surface area (Å²) in [6, 6.07) is 43.1. The van der Waals surface area contributed by atoms with Crippen molar-refractivity contribution in [2.75, 3.05) is 31.3 Å². The van der Waals surface area contributed by atoms with Crippen molar-refractivity contribution in [3.05, 3.63) is 127 Å². The van der Waals surface area contributed by atoms with Crippen LogP contribution in [0, 0.1) is 0 Å². The number of benzene rings is 5. The summed E-state index contributed by atoms with van der Waals surface area (Å²) in [5.41, 5.74) is 7.58. The van der Waals surface area contributed by atoms with Gasteiger partial charge in [0.05, 0.1) is 13.2 Å². The molecule has 0 spiro atoms. The average Bonchev–Trinajstić information content (AvgIpc) is 3.01. The Labute approximate surface area is 229 Å². The molecule has 5 nitrogen and oxygen atoms in total. The van der Waals surface area contributed by atoms with E-state index in [0.29, 0.717) is 5.75 Å². The summed E-state index contributed by atoms with van der Waals surface area (Å²) in [4.78, 5) is 2.21. The number of ether oxygens (including phenoxy) is 2. The van der Waals surface area contributed by atoms with Crippen LogP contribution in [0.3, 0.4) is 0 Å². The first-order chi connectivity index (χ1) is 19.2. The smallest absolute Gasteiger partial charge is 0.119 e. The minimum Gasteiger partial charge on any atom is -0.491 e. The molecule has 5 aromatic carbocycles. The van der Waals surface area contributed by atoms with Crippen LogP contribution in [0.5, 0.6) is 11.5 Å². The summed E-state index contributed by atoms with van der Waals surface area (Å²) in [5, 5.41) is 18.0. The summed E-state index contributed by atoms with van der Waals surface area (Å²) < 4.78 is 11.1. The van der Waals surface area contributed by atoms with Gasteiger partial charge in [-0.05, 0) is 82.9 Å². The van der Waals surface area contributed by atoms with Crippen LogP contribution in [0.4, 0.5) is 17.1 Å². The second-order valence-corrected chi connectivity index (χ2v) is 8.96. The zero-order chi connectivity index (χ0) is 26.9. The molecule has 0 amide bonds. The van der Waals surface area contributed by atoms with Crippen LogP contribution in [0.2, 0.25) is 0 Å². The van der Waals surface area contributed by atoms with E-state index in [9.17, 15) is 0 Å². The molecule has 5 aromatic rings. The Bertz CT molecular complexity index is 1430. The maximum Gasteiger partial charge on any atom is 0.119 e. The van der Waals surface area contributed by atoms with E-state index in [1.165, 1.54) is 5.56 Å². The highest BCUT2D eigenvalue weighted by Gasteiger charge is 2.13. The molecule has 196 valence electrons. The zero-order valence-electron chi connectivity index (χ0n) is 21.6. The molecule has 0 fully saturated rings. The highest BCUT2D eigenvalue weighted by molar-refractivity contribution is 5.80. The Hall–Kier alpha value is -4.58. The van der Waals surface area contributed by atoms with Crippen molar-refractivity contribution in [2.45, 2.75) is 0 Å². The fraction of sp³-hybridized carbons (Fsp3) is 0.118. The Kier molecular flexibility index (Phi) is 8.54. The summed E-state index contributed by atoms with van der Waals surface area (Å²) in [6.45, 7) is 0.518. The highest BCUT2D eigenvalue weighted by Crippen LogP contribution is 2.37. The van der Waals surface area contributed by atoms with Gasteiger partial charge < -0.3 is 24.6 Å². The van der Waals surface area contributed by atoms with Crippen molar-refractivity contribution in [1.29, 1.82) is 0 Å². The van der Waals surface area contributed by atoms with Gasteiger partial charge in [-0.2, -0.15) is 0 Å². The van der Waals surface area contributed by atoms with Gasteiger partial charge in [-0.3, -0.25) is 0 Å². The van der Waals surface area contributed by atoms with Crippen LogP contribution < -0.4 is 14.4 Å². The molecular formula is C34H31NO4. The van der Waals surface area contributed by atoms with Gasteiger partial charge in [0.15, 0.2) is 0 Å². The molecule has 0 saturated heterocycles. The number of aliphatic hydroxyl groups is 2. The number of hydrogen-bond acceptors (Lipinski definition) is 5. The standard InChI is InChI=1S/C34H31NO4/c36-22-24-38-33-18-10-29(11-19-33)28-8-14-31(15-9-28)35(32-16-20-34(21-17-32)39-25-23-37)30-12-6-27(7-13-30)26-4-2-1-3-5-26/h1-21,36-37H,22-25H2. The lowest BCUT2D eigenvalue weighted by Gasteiger charge is -2.26. The van der Waals surface area contributed by atoms with Gasteiger partial charge in [0.1, 0.15) is 24.7 Å². The van der Waals surface area contributed by atoms with E-state index < -0.39 is 0 Å². The highest BCUT2D eigenvalue weighted by atomic mass is 16.5. The van der Waals surface area contributed by atoms with Crippen molar-refractivity contribution in [3.63, 3.8) is 0 Å². The molecule has 0 unspecified atom stereocenters. The van der Waals surface area contributed by atoms with Gasteiger partial charge in [0.2, 0.25) is 0 Å². The molecule has 2 N–H and O–H groups in total. The molecule has 0 aliphatic rings. The summed E-state index contributed by atoms with van der Waals surface area (Å²) in [6.07, 6.45) is 0. The van der Waals surface area contributed by atoms with Crippen LogP contribution >= 0.6 is 0 Å². The van der Waals surface area contributed by atoms with E-state index >= 15 is 0 Å². The van der Waals surface area contributed by atoms with Gasteiger partial charge in [0.25, 0.3) is 0 Å². The first kappa shape index (κ1) is 26.0. The van der Waals surface area contributed by atoms with Gasteiger partial charge >= 0.3 is 0 Å². The predicted octanol–water partition coefficient (Wildman–Crippen LogP) is 7.23. The number of hydrogen-bond donors (Lipinski definition) is 2. The lowest BCUT2D eigenvalue weighted by atomic mass is 10.0. The van der Waals surface area contributed by atoms with Crippen molar-refractivity contribution < 1.29 is 19.7 Å². The number of aliphatic hydroxyl groups excluding tert-OH is 2. The Balaban J connectivity index is 1.45. The van der Waals surface area contributed by atoms with E-state index in [1.54, 1.807) is 0 Å². The number of rotatable bonds is 11. The van der Waals surface area contributed by atoms with E-state index in [0.717, 1.165) is 39.5 Å². The lowest BCUT2D eigenvalue weighted by Crippen LogP contribution is -2.10. The Morgan fingerprint density at radius 2 is 0.744 bits per heavy atom. The molecule has 0 aliphatic heterocycles. The molecule has 0 atom stereocenters. The molecule has 5 heteroatoms.